The maximum atomic E-state index is 13.8. The second-order valence-electron chi connectivity index (χ2n) is 10.5. The zero-order valence-electron chi connectivity index (χ0n) is 21.1. The molecule has 2 bridgehead atoms. The van der Waals surface area contributed by atoms with Crippen molar-refractivity contribution in [3.8, 4) is 0 Å². The van der Waals surface area contributed by atoms with Crippen LogP contribution < -0.4 is 21.1 Å². The van der Waals surface area contributed by atoms with E-state index in [0.29, 0.717) is 31.8 Å². The van der Waals surface area contributed by atoms with E-state index in [9.17, 15) is 14.4 Å². The highest BCUT2D eigenvalue weighted by Gasteiger charge is 2.49. The van der Waals surface area contributed by atoms with Crippen molar-refractivity contribution in [3.63, 3.8) is 0 Å². The molecule has 0 radical (unpaired) electrons. The predicted molar refractivity (Wildman–Crippen MR) is 144 cm³/mol. The fourth-order valence-corrected chi connectivity index (χ4v) is 7.32. The fraction of sp³-hybridized carbons (Fsp3) is 0.429. The predicted octanol–water partition coefficient (Wildman–Crippen LogP) is 3.10. The number of carbonyl (C=O) groups excluding carboxylic acids is 2. The number of anilines is 2. The van der Waals surface area contributed by atoms with Crippen molar-refractivity contribution in [1.82, 2.24) is 14.9 Å². The molecule has 9 heteroatoms. The highest BCUT2D eigenvalue weighted by Crippen LogP contribution is 2.48. The molecule has 37 heavy (non-hydrogen) atoms. The maximum absolute atomic E-state index is 13.8. The molecule has 3 aliphatic rings. The minimum absolute atomic E-state index is 0.0349. The van der Waals surface area contributed by atoms with E-state index < -0.39 is 0 Å². The van der Waals surface area contributed by atoms with Crippen LogP contribution in [0.15, 0.2) is 46.6 Å². The van der Waals surface area contributed by atoms with E-state index >= 15 is 0 Å². The molecule has 2 amide bonds. The minimum atomic E-state index is -0.272. The summed E-state index contributed by atoms with van der Waals surface area (Å²) >= 11 is 1.62. The molecule has 1 fully saturated rings. The van der Waals surface area contributed by atoms with Gasteiger partial charge < -0.3 is 20.1 Å². The van der Waals surface area contributed by atoms with Gasteiger partial charge in [-0.15, -0.1) is 11.3 Å². The summed E-state index contributed by atoms with van der Waals surface area (Å²) < 4.78 is 1.92. The number of carbonyl (C=O) groups is 2. The molecule has 4 atom stereocenters. The number of nitrogens with one attached hydrogen (secondary N) is 2. The number of rotatable bonds is 5. The van der Waals surface area contributed by atoms with Crippen LogP contribution in [-0.4, -0.2) is 40.5 Å². The van der Waals surface area contributed by atoms with E-state index in [1.54, 1.807) is 17.4 Å². The van der Waals surface area contributed by atoms with Crippen LogP contribution in [0.1, 0.15) is 41.2 Å². The number of amides is 2. The smallest absolute Gasteiger partial charge is 0.250 e. The van der Waals surface area contributed by atoms with Crippen molar-refractivity contribution in [2.24, 2.45) is 11.8 Å². The van der Waals surface area contributed by atoms with Gasteiger partial charge in [-0.1, -0.05) is 6.07 Å². The van der Waals surface area contributed by atoms with Crippen LogP contribution in [-0.2, 0) is 29.0 Å². The van der Waals surface area contributed by atoms with Gasteiger partial charge in [0.2, 0.25) is 11.8 Å². The number of nitrogens with zero attached hydrogens (tertiary/aromatic N) is 3. The number of aryl methyl sites for hydroxylation is 1. The first-order chi connectivity index (χ1) is 17.9. The first-order valence-corrected chi connectivity index (χ1v) is 13.8. The van der Waals surface area contributed by atoms with E-state index in [0.717, 1.165) is 46.3 Å². The lowest BCUT2D eigenvalue weighted by atomic mass is 9.69. The van der Waals surface area contributed by atoms with Crippen molar-refractivity contribution >= 4 is 34.5 Å². The van der Waals surface area contributed by atoms with E-state index in [1.807, 2.05) is 35.1 Å². The Labute approximate surface area is 219 Å². The van der Waals surface area contributed by atoms with Crippen molar-refractivity contribution < 1.29 is 9.59 Å². The van der Waals surface area contributed by atoms with E-state index in [2.05, 4.69) is 32.7 Å². The quantitative estimate of drug-likeness (QED) is 0.542. The molecule has 0 saturated carbocycles. The molecule has 2 N–H and O–H groups in total. The summed E-state index contributed by atoms with van der Waals surface area (Å²) in [4.78, 5) is 45.1. The molecular formula is C28H31N5O3S. The maximum Gasteiger partial charge on any atom is 0.250 e. The van der Waals surface area contributed by atoms with Gasteiger partial charge in [0.25, 0.3) is 5.56 Å². The van der Waals surface area contributed by atoms with Gasteiger partial charge in [0.05, 0.1) is 10.9 Å². The van der Waals surface area contributed by atoms with E-state index in [4.69, 9.17) is 0 Å². The molecule has 192 valence electrons. The second kappa shape index (κ2) is 9.45. The summed E-state index contributed by atoms with van der Waals surface area (Å²) in [6.07, 6.45) is 2.27. The molecule has 4 unspecified atom stereocenters. The third-order valence-corrected chi connectivity index (χ3v) is 8.95. The summed E-state index contributed by atoms with van der Waals surface area (Å²) in [5.74, 6) is 0.0853. The molecule has 0 aliphatic carbocycles. The molecule has 2 aromatic heterocycles. The van der Waals surface area contributed by atoms with Gasteiger partial charge in [0.15, 0.2) is 0 Å². The monoisotopic (exact) mass is 517 g/mol. The third-order valence-electron chi connectivity index (χ3n) is 7.92. The number of aromatic nitrogens is 2. The Balaban J connectivity index is 1.34. The van der Waals surface area contributed by atoms with Gasteiger partial charge in [-0.05, 0) is 55.5 Å². The van der Waals surface area contributed by atoms with Crippen molar-refractivity contribution in [2.45, 2.75) is 51.6 Å². The third kappa shape index (κ3) is 4.45. The normalized spacial score (nSPS) is 23.5. The zero-order chi connectivity index (χ0) is 25.7. The summed E-state index contributed by atoms with van der Waals surface area (Å²) in [5, 5.41) is 9.13. The number of hydrogen-bond donors (Lipinski definition) is 2. The first kappa shape index (κ1) is 23.9. The van der Waals surface area contributed by atoms with Gasteiger partial charge in [0.1, 0.15) is 0 Å². The Morgan fingerprint density at radius 2 is 2.05 bits per heavy atom. The Morgan fingerprint density at radius 1 is 1.19 bits per heavy atom. The molecule has 1 aromatic carbocycles. The van der Waals surface area contributed by atoms with E-state index in [1.165, 1.54) is 6.92 Å². The number of thiazole rings is 1. The van der Waals surface area contributed by atoms with Gasteiger partial charge in [-0.3, -0.25) is 14.4 Å². The number of fused-ring (bicyclic) bond motifs is 8. The van der Waals surface area contributed by atoms with Crippen LogP contribution in [0.4, 0.5) is 11.4 Å². The lowest BCUT2D eigenvalue weighted by Crippen LogP contribution is -2.60. The Hall–Kier alpha value is -3.46. The SMILES string of the molecule is CC(=O)Nc1ccc2c(c1)CC(C(=O)NCCc1nc(C)cs1)C1C3CC(CN21)Cn1c3cccc1=O. The van der Waals surface area contributed by atoms with Crippen molar-refractivity contribution in [2.75, 3.05) is 23.3 Å². The van der Waals surface area contributed by atoms with Crippen LogP contribution >= 0.6 is 11.3 Å². The Kier molecular flexibility index (Phi) is 6.10. The number of piperidine rings is 1. The molecule has 6 rings (SSSR count). The van der Waals surface area contributed by atoms with Gasteiger partial charge in [0, 0.05) is 79.1 Å². The van der Waals surface area contributed by atoms with Crippen LogP contribution in [0, 0.1) is 18.8 Å². The first-order valence-electron chi connectivity index (χ1n) is 12.9. The van der Waals surface area contributed by atoms with Gasteiger partial charge in [-0.25, -0.2) is 4.98 Å². The molecule has 3 aliphatic heterocycles. The summed E-state index contributed by atoms with van der Waals surface area (Å²) in [6, 6.07) is 11.5. The average molecular weight is 518 g/mol. The molecule has 1 saturated heterocycles. The van der Waals surface area contributed by atoms with Gasteiger partial charge >= 0.3 is 0 Å². The molecule has 0 spiro atoms. The summed E-state index contributed by atoms with van der Waals surface area (Å²) in [5.41, 5.74) is 5.02. The summed E-state index contributed by atoms with van der Waals surface area (Å²) in [7, 11) is 0. The molecule has 5 heterocycles. The Morgan fingerprint density at radius 3 is 2.84 bits per heavy atom. The zero-order valence-corrected chi connectivity index (χ0v) is 21.9. The topological polar surface area (TPSA) is 96.3 Å². The van der Waals surface area contributed by atoms with Crippen molar-refractivity contribution in [1.29, 1.82) is 0 Å². The molecule has 3 aromatic rings. The lowest BCUT2D eigenvalue weighted by Gasteiger charge is -2.54. The van der Waals surface area contributed by atoms with Gasteiger partial charge in [-0.2, -0.15) is 0 Å². The highest BCUT2D eigenvalue weighted by molar-refractivity contribution is 7.09. The summed E-state index contributed by atoms with van der Waals surface area (Å²) in [6.45, 7) is 5.53. The number of benzene rings is 1. The van der Waals surface area contributed by atoms with Crippen LogP contribution in [0.25, 0.3) is 0 Å². The Bertz CT molecular complexity index is 1430. The van der Waals surface area contributed by atoms with E-state index in [-0.39, 0.29) is 35.3 Å². The number of hydrogen-bond acceptors (Lipinski definition) is 6. The van der Waals surface area contributed by atoms with Crippen molar-refractivity contribution in [3.05, 3.63) is 74.1 Å². The van der Waals surface area contributed by atoms with Crippen LogP contribution in [0.5, 0.6) is 0 Å². The second-order valence-corrected chi connectivity index (χ2v) is 11.5. The average Bonchev–Trinajstić information content (AvgIpc) is 3.28. The number of pyridine rings is 1. The molecule has 8 nitrogen and oxygen atoms in total. The standard InChI is InChI=1S/C28H31N5O3S/c1-16-15-37-25(30-16)8-9-29-28(36)22-12-19-11-20(31-17(2)34)6-7-23(19)33-14-18-10-21(27(22)33)24-4-3-5-26(35)32(24)13-18/h3-7,11,15,18,21-22,27H,8-10,12-14H2,1-2H3,(H,29,36)(H,31,34). The fourth-order valence-electron chi connectivity index (χ4n) is 6.55. The minimum Gasteiger partial charge on any atom is -0.366 e. The molecular weight excluding hydrogens is 486 g/mol. The van der Waals surface area contributed by atoms with Crippen LogP contribution in [0.3, 0.4) is 0 Å². The van der Waals surface area contributed by atoms with Crippen LogP contribution in [0.2, 0.25) is 0 Å². The highest BCUT2D eigenvalue weighted by atomic mass is 32.1. The lowest BCUT2D eigenvalue weighted by molar-refractivity contribution is -0.126. The largest absolute Gasteiger partial charge is 0.366 e.